The van der Waals surface area contributed by atoms with Gasteiger partial charge in [-0.05, 0) is 31.7 Å². The molecule has 4 heteroatoms. The van der Waals surface area contributed by atoms with Crippen LogP contribution in [0, 0.1) is 0 Å². The molecule has 0 aliphatic heterocycles. The fraction of sp³-hybridized carbons (Fsp3) is 0.462. The Bertz CT molecular complexity index is 364. The molecular formula is C13H20N2OS. The van der Waals surface area contributed by atoms with Gasteiger partial charge < -0.3 is 10.2 Å². The average molecular weight is 252 g/mol. The van der Waals surface area contributed by atoms with E-state index >= 15 is 0 Å². The smallest absolute Gasteiger partial charge is 0.317 e. The fourth-order valence-corrected chi connectivity index (χ4v) is 2.26. The van der Waals surface area contributed by atoms with Gasteiger partial charge in [-0.15, -0.1) is 11.8 Å². The number of carbonyl (C=O) groups is 1. The van der Waals surface area contributed by atoms with Gasteiger partial charge >= 0.3 is 6.03 Å². The van der Waals surface area contributed by atoms with Crippen LogP contribution in [-0.2, 0) is 6.54 Å². The third-order valence-electron chi connectivity index (χ3n) is 2.67. The van der Waals surface area contributed by atoms with Gasteiger partial charge in [-0.3, -0.25) is 0 Å². The van der Waals surface area contributed by atoms with Crippen LogP contribution in [0.4, 0.5) is 4.79 Å². The van der Waals surface area contributed by atoms with Crippen molar-refractivity contribution >= 4 is 17.8 Å². The lowest BCUT2D eigenvalue weighted by Gasteiger charge is -2.19. The monoisotopic (exact) mass is 252 g/mol. The number of nitrogens with one attached hydrogen (secondary N) is 1. The van der Waals surface area contributed by atoms with Crippen LogP contribution in [0.1, 0.15) is 19.4 Å². The zero-order chi connectivity index (χ0) is 12.7. The van der Waals surface area contributed by atoms with E-state index in [9.17, 15) is 4.79 Å². The van der Waals surface area contributed by atoms with Gasteiger partial charge in [-0.1, -0.05) is 18.2 Å². The summed E-state index contributed by atoms with van der Waals surface area (Å²) in [4.78, 5) is 14.8. The van der Waals surface area contributed by atoms with Gasteiger partial charge in [-0.25, -0.2) is 4.79 Å². The molecule has 0 bridgehead atoms. The Morgan fingerprint density at radius 2 is 1.94 bits per heavy atom. The van der Waals surface area contributed by atoms with E-state index in [1.54, 1.807) is 16.7 Å². The molecule has 0 heterocycles. The first-order chi connectivity index (χ1) is 8.22. The minimum atomic E-state index is 0.00547. The zero-order valence-electron chi connectivity index (χ0n) is 10.7. The molecule has 1 rings (SSSR count). The summed E-state index contributed by atoms with van der Waals surface area (Å²) >= 11 is 1.70. The van der Waals surface area contributed by atoms with Crippen LogP contribution in [0.5, 0.6) is 0 Å². The number of hydrogen-bond acceptors (Lipinski definition) is 2. The fourth-order valence-electron chi connectivity index (χ4n) is 1.64. The molecule has 0 radical (unpaired) electrons. The Labute approximate surface area is 108 Å². The van der Waals surface area contributed by atoms with E-state index < -0.39 is 0 Å². The lowest BCUT2D eigenvalue weighted by atomic mass is 10.2. The molecule has 0 saturated heterocycles. The minimum absolute atomic E-state index is 0.00547. The molecule has 2 amide bonds. The lowest BCUT2D eigenvalue weighted by molar-refractivity contribution is 0.203. The molecule has 0 spiro atoms. The third kappa shape index (κ3) is 3.97. The second-order valence-corrected chi connectivity index (χ2v) is 4.49. The van der Waals surface area contributed by atoms with Crippen molar-refractivity contribution in [1.29, 1.82) is 0 Å². The van der Waals surface area contributed by atoms with Crippen molar-refractivity contribution in [2.45, 2.75) is 25.3 Å². The predicted molar refractivity (Wildman–Crippen MR) is 73.4 cm³/mol. The largest absolute Gasteiger partial charge is 0.334 e. The van der Waals surface area contributed by atoms with E-state index in [0.717, 1.165) is 13.1 Å². The molecule has 94 valence electrons. The van der Waals surface area contributed by atoms with E-state index in [0.29, 0.717) is 6.54 Å². The molecule has 0 aliphatic carbocycles. The minimum Gasteiger partial charge on any atom is -0.334 e. The maximum atomic E-state index is 11.8. The molecular weight excluding hydrogens is 232 g/mol. The van der Waals surface area contributed by atoms with Gasteiger partial charge in [0.15, 0.2) is 0 Å². The first-order valence-corrected chi connectivity index (χ1v) is 7.10. The number of urea groups is 1. The molecule has 0 saturated carbocycles. The Morgan fingerprint density at radius 3 is 2.53 bits per heavy atom. The molecule has 0 atom stereocenters. The van der Waals surface area contributed by atoms with E-state index in [2.05, 4.69) is 11.4 Å². The summed E-state index contributed by atoms with van der Waals surface area (Å²) < 4.78 is 0. The Hall–Kier alpha value is -1.16. The highest BCUT2D eigenvalue weighted by Crippen LogP contribution is 2.19. The highest BCUT2D eigenvalue weighted by atomic mass is 32.2. The average Bonchev–Trinajstić information content (AvgIpc) is 2.38. The van der Waals surface area contributed by atoms with E-state index in [4.69, 9.17) is 0 Å². The maximum absolute atomic E-state index is 11.8. The quantitative estimate of drug-likeness (QED) is 0.817. The van der Waals surface area contributed by atoms with Gasteiger partial charge in [-0.2, -0.15) is 0 Å². The van der Waals surface area contributed by atoms with Crippen molar-refractivity contribution in [2.24, 2.45) is 0 Å². The number of amides is 2. The van der Waals surface area contributed by atoms with Gasteiger partial charge in [0.2, 0.25) is 0 Å². The van der Waals surface area contributed by atoms with Gasteiger partial charge in [0.25, 0.3) is 0 Å². The van der Waals surface area contributed by atoms with E-state index in [1.165, 1.54) is 10.5 Å². The Kier molecular flexibility index (Phi) is 5.91. The normalized spacial score (nSPS) is 10.1. The number of benzene rings is 1. The Balaban J connectivity index is 2.58. The molecule has 3 nitrogen and oxygen atoms in total. The second kappa shape index (κ2) is 7.22. The zero-order valence-corrected chi connectivity index (χ0v) is 11.5. The van der Waals surface area contributed by atoms with Crippen LogP contribution < -0.4 is 5.32 Å². The number of thioether (sulfide) groups is 1. The summed E-state index contributed by atoms with van der Waals surface area (Å²) in [6.07, 6.45) is 2.05. The van der Waals surface area contributed by atoms with E-state index in [-0.39, 0.29) is 6.03 Å². The third-order valence-corrected chi connectivity index (χ3v) is 3.51. The molecule has 1 aromatic carbocycles. The van der Waals surface area contributed by atoms with E-state index in [1.807, 2.05) is 38.3 Å². The summed E-state index contributed by atoms with van der Waals surface area (Å²) in [6.45, 7) is 6.04. The van der Waals surface area contributed by atoms with Crippen LogP contribution in [-0.4, -0.2) is 30.3 Å². The summed E-state index contributed by atoms with van der Waals surface area (Å²) in [6, 6.07) is 8.14. The van der Waals surface area contributed by atoms with Gasteiger partial charge in [0.1, 0.15) is 0 Å². The van der Waals surface area contributed by atoms with Gasteiger partial charge in [0, 0.05) is 24.5 Å². The van der Waals surface area contributed by atoms with Crippen LogP contribution in [0.3, 0.4) is 0 Å². The molecule has 1 N–H and O–H groups in total. The van der Waals surface area contributed by atoms with Crippen LogP contribution in [0.15, 0.2) is 29.2 Å². The highest BCUT2D eigenvalue weighted by molar-refractivity contribution is 7.98. The lowest BCUT2D eigenvalue weighted by Crippen LogP contribution is -2.39. The standard InChI is InChI=1S/C13H20N2OS/c1-4-15(5-2)13(16)14-10-11-8-6-7-9-12(11)17-3/h6-9H,4-5,10H2,1-3H3,(H,14,16). The SMILES string of the molecule is CCN(CC)C(=O)NCc1ccccc1SC. The first kappa shape index (κ1) is 13.9. The predicted octanol–water partition coefficient (Wildman–Crippen LogP) is 2.96. The maximum Gasteiger partial charge on any atom is 0.317 e. The van der Waals surface area contributed by atoms with Crippen molar-refractivity contribution in [3.8, 4) is 0 Å². The van der Waals surface area contributed by atoms with Crippen molar-refractivity contribution in [3.63, 3.8) is 0 Å². The summed E-state index contributed by atoms with van der Waals surface area (Å²) in [5, 5.41) is 2.95. The summed E-state index contributed by atoms with van der Waals surface area (Å²) in [7, 11) is 0. The van der Waals surface area contributed by atoms with Crippen LogP contribution in [0.2, 0.25) is 0 Å². The molecule has 1 aromatic rings. The second-order valence-electron chi connectivity index (χ2n) is 3.64. The van der Waals surface area contributed by atoms with Crippen molar-refractivity contribution in [1.82, 2.24) is 10.2 Å². The van der Waals surface area contributed by atoms with Crippen molar-refractivity contribution in [2.75, 3.05) is 19.3 Å². The molecule has 0 aromatic heterocycles. The van der Waals surface area contributed by atoms with Crippen molar-refractivity contribution < 1.29 is 4.79 Å². The summed E-state index contributed by atoms with van der Waals surface area (Å²) in [5.74, 6) is 0. The molecule has 17 heavy (non-hydrogen) atoms. The topological polar surface area (TPSA) is 32.3 Å². The number of hydrogen-bond donors (Lipinski definition) is 1. The number of nitrogens with zero attached hydrogens (tertiary/aromatic N) is 1. The van der Waals surface area contributed by atoms with Crippen molar-refractivity contribution in [3.05, 3.63) is 29.8 Å². The first-order valence-electron chi connectivity index (χ1n) is 5.87. The molecule has 0 unspecified atom stereocenters. The number of carbonyl (C=O) groups excluding carboxylic acids is 1. The Morgan fingerprint density at radius 1 is 1.29 bits per heavy atom. The van der Waals surface area contributed by atoms with Crippen LogP contribution >= 0.6 is 11.8 Å². The molecule has 0 fully saturated rings. The summed E-state index contributed by atoms with van der Waals surface area (Å²) in [5.41, 5.74) is 1.17. The molecule has 0 aliphatic rings. The number of rotatable bonds is 5. The van der Waals surface area contributed by atoms with Gasteiger partial charge in [0.05, 0.1) is 0 Å². The highest BCUT2D eigenvalue weighted by Gasteiger charge is 2.09. The van der Waals surface area contributed by atoms with Crippen LogP contribution in [0.25, 0.3) is 0 Å².